The van der Waals surface area contributed by atoms with Gasteiger partial charge in [0, 0.05) is 13.0 Å². The number of hydrogen-bond acceptors (Lipinski definition) is 3. The Bertz CT molecular complexity index is 330. The van der Waals surface area contributed by atoms with E-state index in [0.717, 1.165) is 0 Å². The van der Waals surface area contributed by atoms with Crippen LogP contribution in [0.1, 0.15) is 33.6 Å². The summed E-state index contributed by atoms with van der Waals surface area (Å²) in [5.41, 5.74) is -0.577. The Morgan fingerprint density at radius 3 is 2.53 bits per heavy atom. The van der Waals surface area contributed by atoms with Crippen LogP contribution in [0.15, 0.2) is 0 Å². The second-order valence-corrected chi connectivity index (χ2v) is 4.51. The molecule has 15 heavy (non-hydrogen) atoms. The maximum atomic E-state index is 12.0. The van der Waals surface area contributed by atoms with Crippen LogP contribution >= 0.6 is 0 Å². The quantitative estimate of drug-likeness (QED) is 0.657. The molecule has 1 fully saturated rings. The molecule has 1 aliphatic rings. The summed E-state index contributed by atoms with van der Waals surface area (Å²) in [6, 6.07) is 1.95. The standard InChI is InChI=1S/C11H16N2O2/c1-8(2)11(3)7-9(14)13(10(11)15)6-4-5-12/h8H,4,6-7H2,1-3H3. The second-order valence-electron chi connectivity index (χ2n) is 4.51. The molecule has 82 valence electrons. The first kappa shape index (κ1) is 11.7. The first-order valence-corrected chi connectivity index (χ1v) is 5.15. The Labute approximate surface area is 89.9 Å². The fraction of sp³-hybridized carbons (Fsp3) is 0.727. The van der Waals surface area contributed by atoms with Crippen LogP contribution in [0.5, 0.6) is 0 Å². The fourth-order valence-corrected chi connectivity index (χ4v) is 1.75. The first-order valence-electron chi connectivity index (χ1n) is 5.15. The van der Waals surface area contributed by atoms with Crippen molar-refractivity contribution in [1.29, 1.82) is 5.26 Å². The molecule has 0 aromatic heterocycles. The average Bonchev–Trinajstić information content (AvgIpc) is 2.37. The lowest BCUT2D eigenvalue weighted by atomic mass is 9.78. The Balaban J connectivity index is 2.84. The highest BCUT2D eigenvalue weighted by Crippen LogP contribution is 2.39. The van der Waals surface area contributed by atoms with Crippen molar-refractivity contribution in [3.05, 3.63) is 0 Å². The fourth-order valence-electron chi connectivity index (χ4n) is 1.75. The zero-order chi connectivity index (χ0) is 11.6. The number of nitrogens with zero attached hydrogens (tertiary/aromatic N) is 2. The predicted molar refractivity (Wildman–Crippen MR) is 54.5 cm³/mol. The monoisotopic (exact) mass is 208 g/mol. The van der Waals surface area contributed by atoms with Gasteiger partial charge in [-0.1, -0.05) is 13.8 Å². The number of carbonyl (C=O) groups excluding carboxylic acids is 2. The number of amides is 2. The average molecular weight is 208 g/mol. The molecule has 0 bridgehead atoms. The molecule has 1 unspecified atom stereocenters. The zero-order valence-electron chi connectivity index (χ0n) is 9.41. The van der Waals surface area contributed by atoms with Crippen molar-refractivity contribution in [1.82, 2.24) is 4.90 Å². The maximum absolute atomic E-state index is 12.0. The second kappa shape index (κ2) is 4.01. The zero-order valence-corrected chi connectivity index (χ0v) is 9.41. The molecule has 4 heteroatoms. The molecule has 0 aliphatic carbocycles. The van der Waals surface area contributed by atoms with Crippen molar-refractivity contribution in [2.45, 2.75) is 33.6 Å². The third-order valence-corrected chi connectivity index (χ3v) is 3.27. The maximum Gasteiger partial charge on any atom is 0.235 e. The first-order chi connectivity index (χ1) is 6.93. The predicted octanol–water partition coefficient (Wildman–Crippen LogP) is 1.32. The summed E-state index contributed by atoms with van der Waals surface area (Å²) < 4.78 is 0. The number of hydrogen-bond donors (Lipinski definition) is 0. The van der Waals surface area contributed by atoms with Crippen LogP contribution in [0.4, 0.5) is 0 Å². The number of nitriles is 1. The summed E-state index contributed by atoms with van der Waals surface area (Å²) in [6.07, 6.45) is 0.487. The summed E-state index contributed by atoms with van der Waals surface area (Å²) in [4.78, 5) is 24.8. The third-order valence-electron chi connectivity index (χ3n) is 3.27. The lowest BCUT2D eigenvalue weighted by Crippen LogP contribution is -2.37. The van der Waals surface area contributed by atoms with E-state index in [0.29, 0.717) is 0 Å². The van der Waals surface area contributed by atoms with Crippen LogP contribution in [0.3, 0.4) is 0 Å². The molecule has 1 heterocycles. The van der Waals surface area contributed by atoms with Gasteiger partial charge < -0.3 is 0 Å². The SMILES string of the molecule is CC(C)C1(C)CC(=O)N(CCC#N)C1=O. The van der Waals surface area contributed by atoms with Crippen molar-refractivity contribution < 1.29 is 9.59 Å². The molecule has 1 saturated heterocycles. The molecule has 4 nitrogen and oxygen atoms in total. The van der Waals surface area contributed by atoms with E-state index < -0.39 is 5.41 Å². The molecule has 0 aromatic carbocycles. The molecular formula is C11H16N2O2. The summed E-state index contributed by atoms with van der Waals surface area (Å²) in [6.45, 7) is 5.94. The van der Waals surface area contributed by atoms with Gasteiger partial charge in [0.15, 0.2) is 0 Å². The minimum atomic E-state index is -0.577. The van der Waals surface area contributed by atoms with Crippen molar-refractivity contribution in [3.8, 4) is 6.07 Å². The van der Waals surface area contributed by atoms with Crippen LogP contribution in [0, 0.1) is 22.7 Å². The summed E-state index contributed by atoms with van der Waals surface area (Å²) >= 11 is 0. The molecule has 0 radical (unpaired) electrons. The molecule has 1 rings (SSSR count). The van der Waals surface area contributed by atoms with Gasteiger partial charge in [-0.05, 0) is 12.8 Å². The van der Waals surface area contributed by atoms with Crippen LogP contribution in [0.2, 0.25) is 0 Å². The van der Waals surface area contributed by atoms with Gasteiger partial charge in [0.05, 0.1) is 17.9 Å². The van der Waals surface area contributed by atoms with Gasteiger partial charge in [-0.25, -0.2) is 0 Å². The minimum Gasteiger partial charge on any atom is -0.281 e. The van der Waals surface area contributed by atoms with Crippen molar-refractivity contribution in [2.75, 3.05) is 6.54 Å². The molecule has 0 saturated carbocycles. The van der Waals surface area contributed by atoms with Gasteiger partial charge in [-0.3, -0.25) is 14.5 Å². The van der Waals surface area contributed by atoms with Gasteiger partial charge in [0.2, 0.25) is 11.8 Å². The Morgan fingerprint density at radius 2 is 2.13 bits per heavy atom. The van der Waals surface area contributed by atoms with Crippen LogP contribution < -0.4 is 0 Å². The van der Waals surface area contributed by atoms with Crippen LogP contribution in [-0.4, -0.2) is 23.3 Å². The van der Waals surface area contributed by atoms with Gasteiger partial charge in [0.1, 0.15) is 0 Å². The summed E-state index contributed by atoms with van der Waals surface area (Å²) in [5.74, 6) is -0.134. The van der Waals surface area contributed by atoms with Crippen molar-refractivity contribution >= 4 is 11.8 Å². The molecule has 0 spiro atoms. The molecule has 1 atom stereocenters. The molecule has 2 amide bonds. The molecule has 0 N–H and O–H groups in total. The topological polar surface area (TPSA) is 61.2 Å². The number of likely N-dealkylation sites (tertiary alicyclic amines) is 1. The van der Waals surface area contributed by atoms with E-state index in [4.69, 9.17) is 5.26 Å². The van der Waals surface area contributed by atoms with E-state index in [-0.39, 0.29) is 37.1 Å². The Hall–Kier alpha value is -1.37. The van der Waals surface area contributed by atoms with Crippen molar-refractivity contribution in [2.24, 2.45) is 11.3 Å². The van der Waals surface area contributed by atoms with Gasteiger partial charge in [0.25, 0.3) is 0 Å². The van der Waals surface area contributed by atoms with E-state index in [9.17, 15) is 9.59 Å². The number of carbonyl (C=O) groups is 2. The molecular weight excluding hydrogens is 192 g/mol. The highest BCUT2D eigenvalue weighted by atomic mass is 16.2. The van der Waals surface area contributed by atoms with Crippen LogP contribution in [0.25, 0.3) is 0 Å². The van der Waals surface area contributed by atoms with Gasteiger partial charge >= 0.3 is 0 Å². The molecule has 0 aromatic rings. The third kappa shape index (κ3) is 1.87. The lowest BCUT2D eigenvalue weighted by Gasteiger charge is -2.25. The van der Waals surface area contributed by atoms with E-state index in [1.165, 1.54) is 4.90 Å². The van der Waals surface area contributed by atoms with Gasteiger partial charge in [-0.15, -0.1) is 0 Å². The lowest BCUT2D eigenvalue weighted by molar-refractivity contribution is -0.141. The Morgan fingerprint density at radius 1 is 1.53 bits per heavy atom. The largest absolute Gasteiger partial charge is 0.281 e. The van der Waals surface area contributed by atoms with Crippen molar-refractivity contribution in [3.63, 3.8) is 0 Å². The van der Waals surface area contributed by atoms with E-state index >= 15 is 0 Å². The normalized spacial score (nSPS) is 26.2. The number of imide groups is 1. The van der Waals surface area contributed by atoms with E-state index in [1.807, 2.05) is 26.8 Å². The summed E-state index contributed by atoms with van der Waals surface area (Å²) in [5, 5.41) is 8.44. The highest BCUT2D eigenvalue weighted by molar-refractivity contribution is 6.05. The highest BCUT2D eigenvalue weighted by Gasteiger charge is 2.49. The summed E-state index contributed by atoms with van der Waals surface area (Å²) in [7, 11) is 0. The Kier molecular flexibility index (Phi) is 3.13. The smallest absolute Gasteiger partial charge is 0.235 e. The van der Waals surface area contributed by atoms with Crippen LogP contribution in [-0.2, 0) is 9.59 Å². The van der Waals surface area contributed by atoms with E-state index in [2.05, 4.69) is 0 Å². The van der Waals surface area contributed by atoms with Gasteiger partial charge in [-0.2, -0.15) is 5.26 Å². The van der Waals surface area contributed by atoms with E-state index in [1.54, 1.807) is 0 Å². The molecule has 1 aliphatic heterocycles. The number of rotatable bonds is 3. The minimum absolute atomic E-state index is 0.127.